The third-order valence-electron chi connectivity index (χ3n) is 1.68. The predicted molar refractivity (Wildman–Crippen MR) is 48.0 cm³/mol. The largest absolute Gasteiger partial charge is 0.454 e. The van der Waals surface area contributed by atoms with Gasteiger partial charge in [-0.25, -0.2) is 4.98 Å². The van der Waals surface area contributed by atoms with Gasteiger partial charge in [0.1, 0.15) is 5.82 Å². The summed E-state index contributed by atoms with van der Waals surface area (Å²) < 4.78 is 5.10. The summed E-state index contributed by atoms with van der Waals surface area (Å²) in [5, 5.41) is 0. The molecule has 1 aromatic rings. The summed E-state index contributed by atoms with van der Waals surface area (Å²) in [7, 11) is 0. The molecule has 1 N–H and O–H groups in total. The number of carbonyl (C=O) groups is 1. The van der Waals surface area contributed by atoms with Crippen molar-refractivity contribution in [2.24, 2.45) is 0 Å². The highest BCUT2D eigenvalue weighted by molar-refractivity contribution is 5.66. The standard InChI is InChI=1S/C9H14N2O2/c1-3-4-8(13-7(2)12)9-10-5-6-11-9/h5-6,8H,3-4H2,1-2H3,(H,10,11). The Balaban J connectivity index is 2.62. The second kappa shape index (κ2) is 4.64. The molecular weight excluding hydrogens is 168 g/mol. The van der Waals surface area contributed by atoms with E-state index in [1.54, 1.807) is 12.4 Å². The van der Waals surface area contributed by atoms with Crippen LogP contribution in [0.2, 0.25) is 0 Å². The first-order valence-electron chi connectivity index (χ1n) is 4.40. The smallest absolute Gasteiger partial charge is 0.303 e. The average molecular weight is 182 g/mol. The Kier molecular flexibility index (Phi) is 3.49. The van der Waals surface area contributed by atoms with Crippen molar-refractivity contribution in [2.45, 2.75) is 32.8 Å². The number of nitrogens with zero attached hydrogens (tertiary/aromatic N) is 1. The number of rotatable bonds is 4. The third kappa shape index (κ3) is 2.89. The number of imidazole rings is 1. The first-order valence-corrected chi connectivity index (χ1v) is 4.40. The van der Waals surface area contributed by atoms with Crippen molar-refractivity contribution in [2.75, 3.05) is 0 Å². The molecule has 0 aromatic carbocycles. The van der Waals surface area contributed by atoms with Crippen LogP contribution in [0.25, 0.3) is 0 Å². The van der Waals surface area contributed by atoms with Crippen LogP contribution in [0.15, 0.2) is 12.4 Å². The highest BCUT2D eigenvalue weighted by Gasteiger charge is 2.15. The molecular formula is C9H14N2O2. The van der Waals surface area contributed by atoms with Gasteiger partial charge in [0, 0.05) is 19.3 Å². The van der Waals surface area contributed by atoms with Crippen molar-refractivity contribution in [1.82, 2.24) is 9.97 Å². The van der Waals surface area contributed by atoms with E-state index in [2.05, 4.69) is 9.97 Å². The molecule has 1 aromatic heterocycles. The zero-order valence-electron chi connectivity index (χ0n) is 7.91. The molecule has 72 valence electrons. The fourth-order valence-corrected chi connectivity index (χ4v) is 1.17. The maximum atomic E-state index is 10.8. The molecule has 0 saturated heterocycles. The third-order valence-corrected chi connectivity index (χ3v) is 1.68. The van der Waals surface area contributed by atoms with Gasteiger partial charge in [-0.3, -0.25) is 4.79 Å². The summed E-state index contributed by atoms with van der Waals surface area (Å²) in [6, 6.07) is 0. The van der Waals surface area contributed by atoms with E-state index in [4.69, 9.17) is 4.74 Å². The normalized spacial score (nSPS) is 12.5. The molecule has 4 nitrogen and oxygen atoms in total. The molecule has 13 heavy (non-hydrogen) atoms. The van der Waals surface area contributed by atoms with Gasteiger partial charge in [-0.15, -0.1) is 0 Å². The van der Waals surface area contributed by atoms with Gasteiger partial charge in [-0.2, -0.15) is 0 Å². The van der Waals surface area contributed by atoms with Crippen LogP contribution < -0.4 is 0 Å². The predicted octanol–water partition coefficient (Wildman–Crippen LogP) is 1.81. The van der Waals surface area contributed by atoms with E-state index in [1.807, 2.05) is 6.92 Å². The molecule has 0 aliphatic heterocycles. The van der Waals surface area contributed by atoms with Crippen molar-refractivity contribution in [3.05, 3.63) is 18.2 Å². The molecule has 0 aliphatic rings. The fourth-order valence-electron chi connectivity index (χ4n) is 1.17. The summed E-state index contributed by atoms with van der Waals surface area (Å²) in [6.45, 7) is 3.45. The van der Waals surface area contributed by atoms with Crippen LogP contribution in [0.1, 0.15) is 38.6 Å². The quantitative estimate of drug-likeness (QED) is 0.722. The van der Waals surface area contributed by atoms with Crippen molar-refractivity contribution in [3.8, 4) is 0 Å². The number of aromatic amines is 1. The number of esters is 1. The summed E-state index contributed by atoms with van der Waals surface area (Å²) in [6.07, 6.45) is 4.91. The van der Waals surface area contributed by atoms with Gasteiger partial charge >= 0.3 is 5.97 Å². The molecule has 1 atom stereocenters. The van der Waals surface area contributed by atoms with Gasteiger partial charge < -0.3 is 9.72 Å². The topological polar surface area (TPSA) is 55.0 Å². The van der Waals surface area contributed by atoms with Crippen molar-refractivity contribution in [3.63, 3.8) is 0 Å². The maximum absolute atomic E-state index is 10.8. The van der Waals surface area contributed by atoms with Crippen LogP contribution in [0.3, 0.4) is 0 Å². The first kappa shape index (κ1) is 9.77. The lowest BCUT2D eigenvalue weighted by Gasteiger charge is -2.13. The lowest BCUT2D eigenvalue weighted by atomic mass is 10.2. The number of aromatic nitrogens is 2. The lowest BCUT2D eigenvalue weighted by molar-refractivity contribution is -0.147. The minimum absolute atomic E-state index is 0.225. The highest BCUT2D eigenvalue weighted by Crippen LogP contribution is 2.18. The molecule has 0 radical (unpaired) electrons. The molecule has 1 unspecified atom stereocenters. The van der Waals surface area contributed by atoms with Gasteiger partial charge in [0.05, 0.1) is 0 Å². The summed E-state index contributed by atoms with van der Waals surface area (Å²) in [5.74, 6) is 0.451. The molecule has 0 amide bonds. The molecule has 0 aliphatic carbocycles. The SMILES string of the molecule is CCCC(OC(C)=O)c1ncc[nH]1. The Labute approximate surface area is 77.3 Å². The molecule has 1 rings (SSSR count). The van der Waals surface area contributed by atoms with Crippen LogP contribution in [-0.2, 0) is 9.53 Å². The Morgan fingerprint density at radius 3 is 3.00 bits per heavy atom. The number of hydrogen-bond acceptors (Lipinski definition) is 3. The molecule has 0 spiro atoms. The van der Waals surface area contributed by atoms with E-state index in [9.17, 15) is 4.79 Å². The van der Waals surface area contributed by atoms with E-state index in [0.29, 0.717) is 0 Å². The Morgan fingerprint density at radius 2 is 2.54 bits per heavy atom. The Hall–Kier alpha value is -1.32. The van der Waals surface area contributed by atoms with Crippen molar-refractivity contribution in [1.29, 1.82) is 0 Å². The monoisotopic (exact) mass is 182 g/mol. The van der Waals surface area contributed by atoms with Gasteiger partial charge in [-0.1, -0.05) is 13.3 Å². The van der Waals surface area contributed by atoms with Crippen molar-refractivity contribution >= 4 is 5.97 Å². The van der Waals surface area contributed by atoms with E-state index < -0.39 is 0 Å². The molecule has 1 heterocycles. The second-order valence-corrected chi connectivity index (χ2v) is 2.86. The van der Waals surface area contributed by atoms with Crippen LogP contribution >= 0.6 is 0 Å². The minimum atomic E-state index is -0.269. The van der Waals surface area contributed by atoms with E-state index in [1.165, 1.54) is 6.92 Å². The van der Waals surface area contributed by atoms with E-state index >= 15 is 0 Å². The number of nitrogens with one attached hydrogen (secondary N) is 1. The van der Waals surface area contributed by atoms with Crippen LogP contribution in [0, 0.1) is 0 Å². The minimum Gasteiger partial charge on any atom is -0.454 e. The summed E-state index contributed by atoms with van der Waals surface area (Å²) >= 11 is 0. The van der Waals surface area contributed by atoms with Gasteiger partial charge in [0.25, 0.3) is 0 Å². The number of H-pyrrole nitrogens is 1. The second-order valence-electron chi connectivity index (χ2n) is 2.86. The van der Waals surface area contributed by atoms with Crippen LogP contribution in [0.5, 0.6) is 0 Å². The molecule has 0 saturated carbocycles. The van der Waals surface area contributed by atoms with Gasteiger partial charge in [0.15, 0.2) is 6.10 Å². The number of carbonyl (C=O) groups excluding carboxylic acids is 1. The summed E-state index contributed by atoms with van der Waals surface area (Å²) in [4.78, 5) is 17.8. The Morgan fingerprint density at radius 1 is 1.77 bits per heavy atom. The maximum Gasteiger partial charge on any atom is 0.303 e. The van der Waals surface area contributed by atoms with Crippen LogP contribution in [-0.4, -0.2) is 15.9 Å². The Bertz CT molecular complexity index is 257. The van der Waals surface area contributed by atoms with Crippen LogP contribution in [0.4, 0.5) is 0 Å². The van der Waals surface area contributed by atoms with Gasteiger partial charge in [-0.05, 0) is 6.42 Å². The highest BCUT2D eigenvalue weighted by atomic mass is 16.5. The zero-order valence-corrected chi connectivity index (χ0v) is 7.91. The average Bonchev–Trinajstić information content (AvgIpc) is 2.54. The zero-order chi connectivity index (χ0) is 9.68. The summed E-state index contributed by atoms with van der Waals surface area (Å²) in [5.41, 5.74) is 0. The molecule has 0 fully saturated rings. The lowest BCUT2D eigenvalue weighted by Crippen LogP contribution is -2.09. The van der Waals surface area contributed by atoms with E-state index in [0.717, 1.165) is 18.7 Å². The van der Waals surface area contributed by atoms with Gasteiger partial charge in [0.2, 0.25) is 0 Å². The molecule has 4 heteroatoms. The fraction of sp³-hybridized carbons (Fsp3) is 0.556. The first-order chi connectivity index (χ1) is 6.24. The molecule has 0 bridgehead atoms. The number of ether oxygens (including phenoxy) is 1. The van der Waals surface area contributed by atoms with Crippen molar-refractivity contribution < 1.29 is 9.53 Å². The van der Waals surface area contributed by atoms with E-state index in [-0.39, 0.29) is 12.1 Å². The number of hydrogen-bond donors (Lipinski definition) is 1.